The van der Waals surface area contributed by atoms with Gasteiger partial charge in [-0.25, -0.2) is 0 Å². The van der Waals surface area contributed by atoms with Crippen LogP contribution in [0.2, 0.25) is 0 Å². The van der Waals surface area contributed by atoms with Crippen LogP contribution in [0.4, 0.5) is 8.78 Å². The maximum Gasteiger partial charge on any atom is 0.387 e. The van der Waals surface area contributed by atoms with Crippen molar-refractivity contribution in [3.8, 4) is 17.2 Å². The zero-order chi connectivity index (χ0) is 16.8. The van der Waals surface area contributed by atoms with E-state index in [4.69, 9.17) is 4.42 Å². The number of carbonyl (C=O) groups is 1. The first kappa shape index (κ1) is 17.2. The molecule has 9 heteroatoms. The van der Waals surface area contributed by atoms with E-state index in [1.807, 2.05) is 13.8 Å². The molecule has 0 saturated carbocycles. The Balaban J connectivity index is 1.95. The Morgan fingerprint density at radius 1 is 1.30 bits per heavy atom. The topological polar surface area (TPSA) is 77.2 Å². The summed E-state index contributed by atoms with van der Waals surface area (Å²) in [4.78, 5) is 11.5. The van der Waals surface area contributed by atoms with Gasteiger partial charge >= 0.3 is 6.61 Å². The highest BCUT2D eigenvalue weighted by atomic mass is 32.2. The lowest BCUT2D eigenvalue weighted by Crippen LogP contribution is -2.31. The quantitative estimate of drug-likeness (QED) is 0.779. The summed E-state index contributed by atoms with van der Waals surface area (Å²) in [6.45, 7) is 0.869. The van der Waals surface area contributed by atoms with Crippen molar-refractivity contribution in [2.75, 3.05) is 5.75 Å². The highest BCUT2D eigenvalue weighted by Gasteiger charge is 2.12. The van der Waals surface area contributed by atoms with E-state index < -0.39 is 6.61 Å². The predicted molar refractivity (Wildman–Crippen MR) is 80.4 cm³/mol. The smallest absolute Gasteiger partial charge is 0.387 e. The van der Waals surface area contributed by atoms with Crippen LogP contribution in [0.15, 0.2) is 33.9 Å². The second-order valence-corrected chi connectivity index (χ2v) is 5.71. The van der Waals surface area contributed by atoms with Crippen LogP contribution >= 0.6 is 11.8 Å². The molecular formula is C14H15F2N3O3S. The highest BCUT2D eigenvalue weighted by Crippen LogP contribution is 2.25. The number of benzene rings is 1. The van der Waals surface area contributed by atoms with E-state index >= 15 is 0 Å². The molecule has 0 unspecified atom stereocenters. The summed E-state index contributed by atoms with van der Waals surface area (Å²) in [6.07, 6.45) is 0. The number of alkyl halides is 2. The Hall–Kier alpha value is -2.16. The third-order valence-corrected chi connectivity index (χ3v) is 3.33. The first-order valence-corrected chi connectivity index (χ1v) is 7.73. The maximum atomic E-state index is 12.1. The van der Waals surface area contributed by atoms with E-state index in [2.05, 4.69) is 20.3 Å². The van der Waals surface area contributed by atoms with Crippen LogP contribution in [0.3, 0.4) is 0 Å². The molecule has 1 aromatic heterocycles. The Morgan fingerprint density at radius 3 is 2.61 bits per heavy atom. The molecule has 0 fully saturated rings. The van der Waals surface area contributed by atoms with Crippen LogP contribution < -0.4 is 10.1 Å². The molecular weight excluding hydrogens is 328 g/mol. The number of aromatic nitrogens is 2. The molecule has 1 amide bonds. The lowest BCUT2D eigenvalue weighted by Gasteiger charge is -2.06. The maximum absolute atomic E-state index is 12.1. The third kappa shape index (κ3) is 5.51. The molecule has 0 aliphatic rings. The molecule has 6 nitrogen and oxygen atoms in total. The van der Waals surface area contributed by atoms with Crippen molar-refractivity contribution in [1.29, 1.82) is 0 Å². The lowest BCUT2D eigenvalue weighted by molar-refractivity contribution is -0.119. The van der Waals surface area contributed by atoms with Crippen molar-refractivity contribution in [3.05, 3.63) is 24.3 Å². The fraction of sp³-hybridized carbons (Fsp3) is 0.357. The number of thioether (sulfide) groups is 1. The summed E-state index contributed by atoms with van der Waals surface area (Å²) >= 11 is 1.12. The summed E-state index contributed by atoms with van der Waals surface area (Å²) < 4.78 is 33.8. The first-order valence-electron chi connectivity index (χ1n) is 6.75. The second-order valence-electron chi connectivity index (χ2n) is 4.79. The summed E-state index contributed by atoms with van der Waals surface area (Å²) in [5.74, 6) is 0.322. The zero-order valence-corrected chi connectivity index (χ0v) is 13.3. The van der Waals surface area contributed by atoms with E-state index in [0.29, 0.717) is 5.56 Å². The van der Waals surface area contributed by atoms with Crippen molar-refractivity contribution in [3.63, 3.8) is 0 Å². The molecule has 1 N–H and O–H groups in total. The van der Waals surface area contributed by atoms with Crippen LogP contribution in [-0.2, 0) is 4.79 Å². The molecule has 124 valence electrons. The average Bonchev–Trinajstić information content (AvgIpc) is 2.93. The number of carbonyl (C=O) groups excluding carboxylic acids is 1. The van der Waals surface area contributed by atoms with Crippen LogP contribution in [-0.4, -0.2) is 34.5 Å². The van der Waals surface area contributed by atoms with Gasteiger partial charge in [0.2, 0.25) is 11.8 Å². The third-order valence-electron chi connectivity index (χ3n) is 2.51. The molecule has 0 radical (unpaired) electrons. The second kappa shape index (κ2) is 7.91. The number of halogens is 2. The highest BCUT2D eigenvalue weighted by molar-refractivity contribution is 7.99. The standard InChI is InChI=1S/C14H15F2N3O3S/c1-8(2)17-11(20)7-23-14-19-18-12(22-14)9-3-5-10(6-4-9)21-13(15)16/h3-6,8,13H,7H2,1-2H3,(H,17,20). The monoisotopic (exact) mass is 343 g/mol. The molecule has 2 aromatic rings. The van der Waals surface area contributed by atoms with Crippen molar-refractivity contribution in [2.24, 2.45) is 0 Å². The predicted octanol–water partition coefficient (Wildman–Crippen LogP) is 2.95. The molecule has 0 atom stereocenters. The largest absolute Gasteiger partial charge is 0.435 e. The molecule has 0 saturated heterocycles. The number of nitrogens with one attached hydrogen (secondary N) is 1. The van der Waals surface area contributed by atoms with E-state index in [1.54, 1.807) is 0 Å². The van der Waals surface area contributed by atoms with Crippen molar-refractivity contribution >= 4 is 17.7 Å². The number of hydrogen-bond acceptors (Lipinski definition) is 6. The lowest BCUT2D eigenvalue weighted by atomic mass is 10.2. The SMILES string of the molecule is CC(C)NC(=O)CSc1nnc(-c2ccc(OC(F)F)cc2)o1. The molecule has 23 heavy (non-hydrogen) atoms. The van der Waals surface area contributed by atoms with Gasteiger partial charge in [0.1, 0.15) is 5.75 Å². The fourth-order valence-electron chi connectivity index (χ4n) is 1.65. The van der Waals surface area contributed by atoms with Gasteiger partial charge < -0.3 is 14.5 Å². The molecule has 0 aliphatic carbocycles. The van der Waals surface area contributed by atoms with Crippen LogP contribution in [0.5, 0.6) is 5.75 Å². The summed E-state index contributed by atoms with van der Waals surface area (Å²) in [5.41, 5.74) is 0.567. The minimum atomic E-state index is -2.87. The van der Waals surface area contributed by atoms with Crippen molar-refractivity contribution < 1.29 is 22.7 Å². The number of hydrogen-bond donors (Lipinski definition) is 1. The number of rotatable bonds is 7. The van der Waals surface area contributed by atoms with Crippen LogP contribution in [0, 0.1) is 0 Å². The molecule has 0 aliphatic heterocycles. The normalized spacial score (nSPS) is 11.0. The Labute approximate surface area is 135 Å². The molecule has 1 heterocycles. The van der Waals surface area contributed by atoms with Gasteiger partial charge in [0, 0.05) is 11.6 Å². The molecule has 2 rings (SSSR count). The van der Waals surface area contributed by atoms with Crippen LogP contribution in [0.25, 0.3) is 11.5 Å². The molecule has 0 spiro atoms. The van der Waals surface area contributed by atoms with E-state index in [0.717, 1.165) is 11.8 Å². The number of ether oxygens (including phenoxy) is 1. The van der Waals surface area contributed by atoms with Gasteiger partial charge in [-0.1, -0.05) is 11.8 Å². The summed E-state index contributed by atoms with van der Waals surface area (Å²) in [5, 5.41) is 10.7. The van der Waals surface area contributed by atoms with Crippen molar-refractivity contribution in [1.82, 2.24) is 15.5 Å². The zero-order valence-electron chi connectivity index (χ0n) is 12.5. The Morgan fingerprint density at radius 2 is 2.00 bits per heavy atom. The Bertz CT molecular complexity index is 647. The van der Waals surface area contributed by atoms with Gasteiger partial charge in [-0.15, -0.1) is 10.2 Å². The van der Waals surface area contributed by atoms with Gasteiger partial charge in [0.05, 0.1) is 5.75 Å². The van der Waals surface area contributed by atoms with Gasteiger partial charge in [-0.05, 0) is 38.1 Å². The Kier molecular flexibility index (Phi) is 5.91. The minimum Gasteiger partial charge on any atom is -0.435 e. The molecule has 1 aromatic carbocycles. The van der Waals surface area contributed by atoms with E-state index in [1.165, 1.54) is 24.3 Å². The fourth-order valence-corrected chi connectivity index (χ4v) is 2.23. The average molecular weight is 343 g/mol. The van der Waals surface area contributed by atoms with E-state index in [9.17, 15) is 13.6 Å². The molecule has 0 bridgehead atoms. The first-order chi connectivity index (χ1) is 10.9. The van der Waals surface area contributed by atoms with Gasteiger partial charge in [0.15, 0.2) is 0 Å². The van der Waals surface area contributed by atoms with Crippen LogP contribution in [0.1, 0.15) is 13.8 Å². The van der Waals surface area contributed by atoms with Gasteiger partial charge in [-0.3, -0.25) is 4.79 Å². The van der Waals surface area contributed by atoms with Gasteiger partial charge in [-0.2, -0.15) is 8.78 Å². The summed E-state index contributed by atoms with van der Waals surface area (Å²) in [6, 6.07) is 5.90. The van der Waals surface area contributed by atoms with E-state index in [-0.39, 0.29) is 34.6 Å². The summed E-state index contributed by atoms with van der Waals surface area (Å²) in [7, 11) is 0. The number of amides is 1. The van der Waals surface area contributed by atoms with Gasteiger partial charge in [0.25, 0.3) is 5.22 Å². The minimum absolute atomic E-state index is 0.0446. The number of nitrogens with zero attached hydrogens (tertiary/aromatic N) is 2. The van der Waals surface area contributed by atoms with Crippen molar-refractivity contribution in [2.45, 2.75) is 31.7 Å².